The van der Waals surface area contributed by atoms with Gasteiger partial charge in [0.05, 0.1) is 28.1 Å². The van der Waals surface area contributed by atoms with E-state index in [0.29, 0.717) is 27.7 Å². The van der Waals surface area contributed by atoms with Crippen LogP contribution in [0.2, 0.25) is 0 Å². The maximum atomic E-state index is 13.3. The minimum Gasteiger partial charge on any atom is -0.380 e. The van der Waals surface area contributed by atoms with Gasteiger partial charge in [0.15, 0.2) is 9.84 Å². The number of nitrogens with zero attached hydrogens (tertiary/aromatic N) is 1. The minimum atomic E-state index is -3.43. The van der Waals surface area contributed by atoms with E-state index in [0.717, 1.165) is 17.5 Å². The van der Waals surface area contributed by atoms with Gasteiger partial charge in [-0.3, -0.25) is 9.59 Å². The summed E-state index contributed by atoms with van der Waals surface area (Å²) in [6.45, 7) is 9.44. The third-order valence-electron chi connectivity index (χ3n) is 6.25. The summed E-state index contributed by atoms with van der Waals surface area (Å²) in [5, 5.41) is 3.51. The number of amides is 1. The summed E-state index contributed by atoms with van der Waals surface area (Å²) in [6, 6.07) is 6.48. The number of carbonyl (C=O) groups is 1. The van der Waals surface area contributed by atoms with Crippen molar-refractivity contribution in [2.24, 2.45) is 0 Å². The Bertz CT molecular complexity index is 1390. The third-order valence-corrected chi connectivity index (χ3v) is 7.36. The van der Waals surface area contributed by atoms with Crippen LogP contribution in [0.1, 0.15) is 52.8 Å². The number of fused-ring (bicyclic) bond motifs is 1. The Hall–Kier alpha value is -2.91. The number of sulfone groups is 1. The molecule has 1 aromatic carbocycles. The normalized spacial score (nSPS) is 13.8. The first-order valence-corrected chi connectivity index (χ1v) is 12.6. The van der Waals surface area contributed by atoms with Crippen LogP contribution in [-0.4, -0.2) is 43.3 Å². The summed E-state index contributed by atoms with van der Waals surface area (Å²) in [6.07, 6.45) is 0.982. The van der Waals surface area contributed by atoms with Crippen LogP contribution >= 0.6 is 0 Å². The summed E-state index contributed by atoms with van der Waals surface area (Å²) in [7, 11) is -1.82. The van der Waals surface area contributed by atoms with Crippen LogP contribution in [0.4, 0.5) is 0 Å². The van der Waals surface area contributed by atoms with E-state index in [1.165, 1.54) is 6.07 Å². The van der Waals surface area contributed by atoms with Crippen LogP contribution in [-0.2, 0) is 21.1 Å². The van der Waals surface area contributed by atoms with Crippen LogP contribution in [0.25, 0.3) is 10.9 Å². The highest BCUT2D eigenvalue weighted by Crippen LogP contribution is 2.32. The largest absolute Gasteiger partial charge is 0.380 e. The Kier molecular flexibility index (Phi) is 6.85. The first-order chi connectivity index (χ1) is 15.4. The van der Waals surface area contributed by atoms with Crippen molar-refractivity contribution in [1.82, 2.24) is 14.9 Å². The molecule has 8 nitrogen and oxygen atoms in total. The number of aromatic amines is 1. The Morgan fingerprint density at radius 3 is 2.42 bits per heavy atom. The number of methoxy groups -OCH3 is 1. The molecule has 33 heavy (non-hydrogen) atoms. The van der Waals surface area contributed by atoms with E-state index in [-0.39, 0.29) is 35.1 Å². The number of aryl methyl sites for hydroxylation is 2. The quantitative estimate of drug-likeness (QED) is 0.548. The van der Waals surface area contributed by atoms with E-state index in [1.54, 1.807) is 19.2 Å². The predicted molar refractivity (Wildman–Crippen MR) is 129 cm³/mol. The highest BCUT2D eigenvalue weighted by Gasteiger charge is 2.26. The lowest BCUT2D eigenvalue weighted by atomic mass is 10.1. The highest BCUT2D eigenvalue weighted by atomic mass is 32.2. The number of aromatic nitrogens is 2. The molecule has 2 atom stereocenters. The van der Waals surface area contributed by atoms with Gasteiger partial charge in [0.25, 0.3) is 11.5 Å². The minimum absolute atomic E-state index is 0.0812. The molecule has 0 radical (unpaired) electrons. The van der Waals surface area contributed by atoms with Gasteiger partial charge in [-0.2, -0.15) is 0 Å². The lowest BCUT2D eigenvalue weighted by Gasteiger charge is -2.23. The fourth-order valence-corrected chi connectivity index (χ4v) is 4.87. The molecule has 0 aliphatic heterocycles. The monoisotopic (exact) mass is 473 g/mol. The first kappa shape index (κ1) is 24.7. The van der Waals surface area contributed by atoms with Gasteiger partial charge in [-0.25, -0.2) is 8.42 Å². The molecule has 2 unspecified atom stereocenters. The Morgan fingerprint density at radius 2 is 1.85 bits per heavy atom. The number of pyridine rings is 1. The number of H-pyrrole nitrogens is 1. The molecule has 0 aliphatic rings. The van der Waals surface area contributed by atoms with E-state index < -0.39 is 9.84 Å². The lowest BCUT2D eigenvalue weighted by Crippen LogP contribution is -2.28. The molecule has 3 rings (SSSR count). The summed E-state index contributed by atoms with van der Waals surface area (Å²) in [4.78, 5) is 28.6. The van der Waals surface area contributed by atoms with Crippen molar-refractivity contribution in [3.8, 4) is 0 Å². The van der Waals surface area contributed by atoms with E-state index >= 15 is 0 Å². The number of carbonyl (C=O) groups excluding carboxylic acids is 1. The second-order valence-electron chi connectivity index (χ2n) is 8.59. The van der Waals surface area contributed by atoms with Crippen molar-refractivity contribution < 1.29 is 17.9 Å². The van der Waals surface area contributed by atoms with Crippen molar-refractivity contribution in [1.29, 1.82) is 0 Å². The van der Waals surface area contributed by atoms with Crippen LogP contribution in [0, 0.1) is 20.8 Å². The zero-order chi connectivity index (χ0) is 24.7. The van der Waals surface area contributed by atoms with E-state index in [9.17, 15) is 18.0 Å². The SMILES string of the molecule is COC(C)C(C)n1c(C)c(C(=O)NCc2c(C)cc(C)[nH]c2=O)c2ccc(S(C)(=O)=O)cc21. The van der Waals surface area contributed by atoms with Crippen LogP contribution in [0.15, 0.2) is 34.0 Å². The molecule has 2 aromatic heterocycles. The fourth-order valence-electron chi connectivity index (χ4n) is 4.23. The van der Waals surface area contributed by atoms with Gasteiger partial charge < -0.3 is 19.6 Å². The van der Waals surface area contributed by atoms with Crippen molar-refractivity contribution in [3.63, 3.8) is 0 Å². The molecule has 1 amide bonds. The Labute approximate surface area is 193 Å². The second kappa shape index (κ2) is 9.15. The van der Waals surface area contributed by atoms with Crippen molar-refractivity contribution in [3.05, 3.63) is 62.7 Å². The molecule has 2 N–H and O–H groups in total. The molecule has 3 aromatic rings. The Balaban J connectivity index is 2.11. The van der Waals surface area contributed by atoms with Crippen molar-refractivity contribution >= 4 is 26.6 Å². The van der Waals surface area contributed by atoms with Gasteiger partial charge in [-0.1, -0.05) is 6.07 Å². The van der Waals surface area contributed by atoms with E-state index in [4.69, 9.17) is 4.74 Å². The summed E-state index contributed by atoms with van der Waals surface area (Å²) < 4.78 is 31.8. The van der Waals surface area contributed by atoms with Crippen LogP contribution in [0.5, 0.6) is 0 Å². The molecule has 0 fully saturated rings. The van der Waals surface area contributed by atoms with Crippen LogP contribution < -0.4 is 10.9 Å². The molecule has 9 heteroatoms. The second-order valence-corrected chi connectivity index (χ2v) is 10.6. The number of nitrogens with one attached hydrogen (secondary N) is 2. The smallest absolute Gasteiger partial charge is 0.254 e. The molecule has 2 heterocycles. The third kappa shape index (κ3) is 4.74. The lowest BCUT2D eigenvalue weighted by molar-refractivity contribution is 0.0783. The predicted octanol–water partition coefficient (Wildman–Crippen LogP) is 3.18. The van der Waals surface area contributed by atoms with Gasteiger partial charge in [0.2, 0.25) is 0 Å². The molecule has 0 bridgehead atoms. The van der Waals surface area contributed by atoms with Gasteiger partial charge in [-0.15, -0.1) is 0 Å². The number of benzene rings is 1. The summed E-state index contributed by atoms with van der Waals surface area (Å²) >= 11 is 0. The molecule has 178 valence electrons. The van der Waals surface area contributed by atoms with Crippen molar-refractivity contribution in [2.75, 3.05) is 13.4 Å². The molecule has 0 spiro atoms. The molecule has 0 saturated carbocycles. The highest BCUT2D eigenvalue weighted by molar-refractivity contribution is 7.90. The summed E-state index contributed by atoms with van der Waals surface area (Å²) in [5.74, 6) is -0.333. The average Bonchev–Trinajstić information content (AvgIpc) is 3.02. The molecular weight excluding hydrogens is 442 g/mol. The molecule has 0 saturated heterocycles. The van der Waals surface area contributed by atoms with Gasteiger partial charge >= 0.3 is 0 Å². The van der Waals surface area contributed by atoms with Crippen molar-refractivity contribution in [2.45, 2.75) is 58.2 Å². The zero-order valence-electron chi connectivity index (χ0n) is 20.1. The first-order valence-electron chi connectivity index (χ1n) is 10.7. The fraction of sp³-hybridized carbons (Fsp3) is 0.417. The van der Waals surface area contributed by atoms with Gasteiger partial charge in [0.1, 0.15) is 0 Å². The van der Waals surface area contributed by atoms with Gasteiger partial charge in [-0.05, 0) is 58.4 Å². The topological polar surface area (TPSA) is 110 Å². The number of rotatable bonds is 7. The maximum Gasteiger partial charge on any atom is 0.254 e. The standard InChI is InChI=1S/C24H31N3O5S/c1-13-10-14(2)26-23(28)20(13)12-25-24(29)22-16(4)27(15(3)17(5)32-6)21-11-18(33(7,30)31)8-9-19(21)22/h8-11,15,17H,12H2,1-7H3,(H,25,29)(H,26,28). The number of hydrogen-bond donors (Lipinski definition) is 2. The number of hydrogen-bond acceptors (Lipinski definition) is 5. The maximum absolute atomic E-state index is 13.3. The molecule has 0 aliphatic carbocycles. The zero-order valence-corrected chi connectivity index (χ0v) is 20.9. The Morgan fingerprint density at radius 1 is 1.18 bits per heavy atom. The molecular formula is C24H31N3O5S. The average molecular weight is 474 g/mol. The van der Waals surface area contributed by atoms with Gasteiger partial charge in [0, 0.05) is 42.2 Å². The van der Waals surface area contributed by atoms with E-state index in [2.05, 4.69) is 10.3 Å². The summed E-state index contributed by atoms with van der Waals surface area (Å²) in [5.41, 5.74) is 3.61. The van der Waals surface area contributed by atoms with Crippen LogP contribution in [0.3, 0.4) is 0 Å². The van der Waals surface area contributed by atoms with E-state index in [1.807, 2.05) is 45.3 Å². The number of ether oxygens (including phenoxy) is 1.